The van der Waals surface area contributed by atoms with E-state index in [0.717, 1.165) is 43.6 Å². The van der Waals surface area contributed by atoms with Crippen molar-refractivity contribution >= 4 is 16.5 Å². The summed E-state index contributed by atoms with van der Waals surface area (Å²) in [6, 6.07) is 0. The summed E-state index contributed by atoms with van der Waals surface area (Å²) in [6.45, 7) is 11.1. The molecular weight excluding hydrogens is 246 g/mol. The average Bonchev–Trinajstić information content (AvgIpc) is 2.72. The zero-order valence-corrected chi connectivity index (χ0v) is 12.3. The molecule has 2 heterocycles. The third kappa shape index (κ3) is 3.43. The van der Waals surface area contributed by atoms with Gasteiger partial charge >= 0.3 is 0 Å². The Morgan fingerprint density at radius 3 is 3.11 bits per heavy atom. The molecular formula is C13H23N3OS. The van der Waals surface area contributed by atoms with E-state index >= 15 is 0 Å². The van der Waals surface area contributed by atoms with E-state index in [1.54, 1.807) is 0 Å². The van der Waals surface area contributed by atoms with Crippen molar-refractivity contribution in [3.63, 3.8) is 0 Å². The molecule has 0 amide bonds. The van der Waals surface area contributed by atoms with E-state index in [1.165, 1.54) is 11.3 Å². The van der Waals surface area contributed by atoms with Gasteiger partial charge in [0.1, 0.15) is 0 Å². The molecule has 1 unspecified atom stereocenters. The molecule has 18 heavy (non-hydrogen) atoms. The van der Waals surface area contributed by atoms with Gasteiger partial charge in [0, 0.05) is 24.5 Å². The SMILES string of the molecule is CCCNCc1sc(N2CCOC(C)C2)nc1C. The number of nitrogens with one attached hydrogen (secondary N) is 1. The monoisotopic (exact) mass is 269 g/mol. The first-order chi connectivity index (χ1) is 8.70. The van der Waals surface area contributed by atoms with Crippen LogP contribution in [0.5, 0.6) is 0 Å². The van der Waals surface area contributed by atoms with Crippen LogP contribution in [0.25, 0.3) is 0 Å². The summed E-state index contributed by atoms with van der Waals surface area (Å²) in [5.74, 6) is 0. The van der Waals surface area contributed by atoms with Crippen LogP contribution in [0.2, 0.25) is 0 Å². The third-order valence-corrected chi connectivity index (χ3v) is 4.32. The first kappa shape index (κ1) is 13.8. The molecule has 2 rings (SSSR count). The van der Waals surface area contributed by atoms with Crippen molar-refractivity contribution in [3.05, 3.63) is 10.6 Å². The Bertz CT molecular complexity index is 380. The highest BCUT2D eigenvalue weighted by molar-refractivity contribution is 7.15. The Kier molecular flexibility index (Phi) is 4.97. The molecule has 1 aliphatic heterocycles. The van der Waals surface area contributed by atoms with Crippen LogP contribution >= 0.6 is 11.3 Å². The number of thiazole rings is 1. The smallest absolute Gasteiger partial charge is 0.185 e. The maximum absolute atomic E-state index is 5.57. The van der Waals surface area contributed by atoms with Crippen LogP contribution in [0.15, 0.2) is 0 Å². The minimum atomic E-state index is 0.310. The van der Waals surface area contributed by atoms with Gasteiger partial charge in [0.2, 0.25) is 0 Å². The Morgan fingerprint density at radius 2 is 2.39 bits per heavy atom. The molecule has 1 aromatic rings. The lowest BCUT2D eigenvalue weighted by Gasteiger charge is -2.30. The summed E-state index contributed by atoms with van der Waals surface area (Å²) in [5, 5.41) is 4.59. The Morgan fingerprint density at radius 1 is 1.56 bits per heavy atom. The van der Waals surface area contributed by atoms with E-state index in [1.807, 2.05) is 11.3 Å². The van der Waals surface area contributed by atoms with Crippen LogP contribution in [0.3, 0.4) is 0 Å². The van der Waals surface area contributed by atoms with Gasteiger partial charge in [-0.15, -0.1) is 11.3 Å². The molecule has 0 aliphatic carbocycles. The predicted octanol–water partition coefficient (Wildman–Crippen LogP) is 2.18. The average molecular weight is 269 g/mol. The molecule has 0 saturated carbocycles. The summed E-state index contributed by atoms with van der Waals surface area (Å²) in [7, 11) is 0. The second-order valence-corrected chi connectivity index (χ2v) is 5.87. The normalized spacial score (nSPS) is 20.4. The highest BCUT2D eigenvalue weighted by Crippen LogP contribution is 2.27. The molecule has 0 spiro atoms. The Labute approximate surface area is 113 Å². The number of hydrogen-bond acceptors (Lipinski definition) is 5. The van der Waals surface area contributed by atoms with Gasteiger partial charge in [-0.05, 0) is 26.8 Å². The standard InChI is InChI=1S/C13H23N3OS/c1-4-5-14-8-12-11(3)15-13(18-12)16-6-7-17-10(2)9-16/h10,14H,4-9H2,1-3H3. The van der Waals surface area contributed by atoms with Gasteiger partial charge < -0.3 is 15.0 Å². The molecule has 1 saturated heterocycles. The van der Waals surface area contributed by atoms with Gasteiger partial charge in [-0.1, -0.05) is 6.92 Å². The minimum absolute atomic E-state index is 0.310. The summed E-state index contributed by atoms with van der Waals surface area (Å²) in [5.41, 5.74) is 1.16. The van der Waals surface area contributed by atoms with Gasteiger partial charge in [-0.3, -0.25) is 0 Å². The highest BCUT2D eigenvalue weighted by atomic mass is 32.1. The number of ether oxygens (including phenoxy) is 1. The molecule has 0 bridgehead atoms. The highest BCUT2D eigenvalue weighted by Gasteiger charge is 2.20. The number of anilines is 1. The van der Waals surface area contributed by atoms with Crippen LogP contribution < -0.4 is 10.2 Å². The largest absolute Gasteiger partial charge is 0.375 e. The molecule has 1 fully saturated rings. The van der Waals surface area contributed by atoms with Crippen molar-refractivity contribution in [1.29, 1.82) is 0 Å². The molecule has 4 nitrogen and oxygen atoms in total. The number of morpholine rings is 1. The van der Waals surface area contributed by atoms with E-state index in [9.17, 15) is 0 Å². The van der Waals surface area contributed by atoms with E-state index in [4.69, 9.17) is 9.72 Å². The van der Waals surface area contributed by atoms with Crippen molar-refractivity contribution in [2.45, 2.75) is 39.8 Å². The Balaban J connectivity index is 1.98. The van der Waals surface area contributed by atoms with Crippen molar-refractivity contribution < 1.29 is 4.74 Å². The number of rotatable bonds is 5. The molecule has 1 N–H and O–H groups in total. The molecule has 102 valence electrons. The predicted molar refractivity (Wildman–Crippen MR) is 76.5 cm³/mol. The van der Waals surface area contributed by atoms with Gasteiger partial charge in [-0.25, -0.2) is 4.98 Å². The fourth-order valence-corrected chi connectivity index (χ4v) is 3.15. The zero-order valence-electron chi connectivity index (χ0n) is 11.5. The lowest BCUT2D eigenvalue weighted by molar-refractivity contribution is 0.0532. The topological polar surface area (TPSA) is 37.4 Å². The number of aromatic nitrogens is 1. The Hall–Kier alpha value is -0.650. The summed E-state index contributed by atoms with van der Waals surface area (Å²) >= 11 is 1.82. The van der Waals surface area contributed by atoms with Crippen LogP contribution in [0.1, 0.15) is 30.8 Å². The van der Waals surface area contributed by atoms with Crippen LogP contribution in [-0.4, -0.2) is 37.3 Å². The second-order valence-electron chi connectivity index (χ2n) is 4.81. The lowest BCUT2D eigenvalue weighted by Crippen LogP contribution is -2.41. The van der Waals surface area contributed by atoms with E-state index in [-0.39, 0.29) is 0 Å². The van der Waals surface area contributed by atoms with E-state index < -0.39 is 0 Å². The molecule has 1 atom stereocenters. The van der Waals surface area contributed by atoms with Crippen LogP contribution in [0, 0.1) is 6.92 Å². The number of aryl methyl sites for hydroxylation is 1. The van der Waals surface area contributed by atoms with Crippen LogP contribution in [-0.2, 0) is 11.3 Å². The first-order valence-corrected chi connectivity index (χ1v) is 7.56. The van der Waals surface area contributed by atoms with Crippen LogP contribution in [0.4, 0.5) is 5.13 Å². The van der Waals surface area contributed by atoms with Gasteiger partial charge in [0.05, 0.1) is 18.4 Å². The second kappa shape index (κ2) is 6.50. The molecule has 1 aromatic heterocycles. The van der Waals surface area contributed by atoms with Crippen molar-refractivity contribution in [2.75, 3.05) is 31.1 Å². The van der Waals surface area contributed by atoms with Crippen molar-refractivity contribution in [2.24, 2.45) is 0 Å². The van der Waals surface area contributed by atoms with Crippen molar-refractivity contribution in [1.82, 2.24) is 10.3 Å². The number of hydrogen-bond donors (Lipinski definition) is 1. The number of nitrogens with zero attached hydrogens (tertiary/aromatic N) is 2. The van der Waals surface area contributed by atoms with E-state index in [0.29, 0.717) is 6.10 Å². The lowest BCUT2D eigenvalue weighted by atomic mass is 10.3. The molecule has 0 aromatic carbocycles. The minimum Gasteiger partial charge on any atom is -0.375 e. The summed E-state index contributed by atoms with van der Waals surface area (Å²) in [4.78, 5) is 8.40. The zero-order chi connectivity index (χ0) is 13.0. The molecule has 1 aliphatic rings. The van der Waals surface area contributed by atoms with Gasteiger partial charge in [0.15, 0.2) is 5.13 Å². The van der Waals surface area contributed by atoms with Gasteiger partial charge in [-0.2, -0.15) is 0 Å². The summed E-state index contributed by atoms with van der Waals surface area (Å²) in [6.07, 6.45) is 1.48. The van der Waals surface area contributed by atoms with E-state index in [2.05, 4.69) is 31.0 Å². The maximum atomic E-state index is 5.57. The quantitative estimate of drug-likeness (QED) is 0.831. The maximum Gasteiger partial charge on any atom is 0.185 e. The first-order valence-electron chi connectivity index (χ1n) is 6.74. The third-order valence-electron chi connectivity index (χ3n) is 3.11. The molecule has 0 radical (unpaired) electrons. The fourth-order valence-electron chi connectivity index (χ4n) is 2.08. The fraction of sp³-hybridized carbons (Fsp3) is 0.769. The van der Waals surface area contributed by atoms with Gasteiger partial charge in [0.25, 0.3) is 0 Å². The molecule has 5 heteroatoms. The van der Waals surface area contributed by atoms with Crippen molar-refractivity contribution in [3.8, 4) is 0 Å². The summed E-state index contributed by atoms with van der Waals surface area (Å²) < 4.78 is 5.57.